The van der Waals surface area contributed by atoms with E-state index in [0.29, 0.717) is 46.1 Å². The minimum atomic E-state index is -0.601. The number of anilines is 3. The molecule has 4 amide bonds. The number of nitrogen functional groups attached to an aromatic ring is 1. The molecule has 5 aromatic rings. The van der Waals surface area contributed by atoms with Gasteiger partial charge in [0, 0.05) is 79.4 Å². The van der Waals surface area contributed by atoms with E-state index in [0.717, 1.165) is 64.0 Å². The Balaban J connectivity index is 0.688. The molecular formula is C47H52ClFN10O4. The summed E-state index contributed by atoms with van der Waals surface area (Å²) in [4.78, 5) is 69.6. The second kappa shape index (κ2) is 18.0. The Morgan fingerprint density at radius 3 is 2.44 bits per heavy atom. The summed E-state index contributed by atoms with van der Waals surface area (Å²) in [6, 6.07) is 12.9. The van der Waals surface area contributed by atoms with E-state index in [1.807, 2.05) is 22.7 Å². The van der Waals surface area contributed by atoms with Crippen LogP contribution in [0.4, 0.5) is 22.0 Å². The number of carbonyl (C=O) groups excluding carboxylic acids is 4. The molecule has 3 fully saturated rings. The van der Waals surface area contributed by atoms with Gasteiger partial charge in [-0.2, -0.15) is 0 Å². The number of fused-ring (bicyclic) bond motifs is 2. The van der Waals surface area contributed by atoms with Gasteiger partial charge >= 0.3 is 0 Å². The van der Waals surface area contributed by atoms with E-state index in [9.17, 15) is 19.2 Å². The van der Waals surface area contributed by atoms with Crippen LogP contribution in [0.3, 0.4) is 0 Å². The average molecular weight is 875 g/mol. The summed E-state index contributed by atoms with van der Waals surface area (Å²) in [7, 11) is 0. The molecule has 4 aliphatic heterocycles. The molecule has 328 valence electrons. The number of imide groups is 1. The van der Waals surface area contributed by atoms with Gasteiger partial charge in [-0.3, -0.25) is 28.9 Å². The summed E-state index contributed by atoms with van der Waals surface area (Å²) >= 11 is 6.02. The molecule has 4 N–H and O–H groups in total. The van der Waals surface area contributed by atoms with Crippen molar-refractivity contribution in [3.63, 3.8) is 0 Å². The first kappa shape index (κ1) is 42.4. The molecule has 0 saturated carbocycles. The lowest BCUT2D eigenvalue weighted by molar-refractivity contribution is -0.136. The number of hydrogen-bond donors (Lipinski definition) is 3. The number of carbonyl (C=O) groups is 4. The van der Waals surface area contributed by atoms with Crippen LogP contribution in [0.25, 0.3) is 16.8 Å². The van der Waals surface area contributed by atoms with Crippen LogP contribution in [0.5, 0.6) is 0 Å². The molecule has 0 aliphatic carbocycles. The zero-order chi connectivity index (χ0) is 43.7. The van der Waals surface area contributed by atoms with Crippen molar-refractivity contribution >= 4 is 58.3 Å². The fraction of sp³-hybridized carbons (Fsp3) is 0.426. The Labute approximate surface area is 370 Å². The van der Waals surface area contributed by atoms with E-state index in [1.165, 1.54) is 62.4 Å². The maximum Gasteiger partial charge on any atom is 0.256 e. The van der Waals surface area contributed by atoms with Gasteiger partial charge in [-0.15, -0.1) is 0 Å². The van der Waals surface area contributed by atoms with Crippen molar-refractivity contribution in [1.82, 2.24) is 34.5 Å². The van der Waals surface area contributed by atoms with Gasteiger partial charge in [0.05, 0.1) is 0 Å². The van der Waals surface area contributed by atoms with E-state index in [4.69, 9.17) is 22.3 Å². The number of pyridine rings is 1. The minimum absolute atomic E-state index is 0.124. The van der Waals surface area contributed by atoms with Crippen LogP contribution in [-0.4, -0.2) is 91.5 Å². The Hall–Kier alpha value is -5.93. The SMILES string of the molecule is Nc1nccn2c(N3CCC4(CC3)CN(CCCCCCCCCc3ccc5c(c3)CN(C3CCC(=O)NC3=O)C5=O)C4)nc(-c3ccc(C(=O)Nc4cc(Cl)ccn4)cc3F)c12. The van der Waals surface area contributed by atoms with Crippen LogP contribution in [0.2, 0.25) is 5.02 Å². The van der Waals surface area contributed by atoms with Gasteiger partial charge in [0.2, 0.25) is 17.8 Å². The highest BCUT2D eigenvalue weighted by atomic mass is 35.5. The molecule has 4 aliphatic rings. The molecule has 3 aromatic heterocycles. The largest absolute Gasteiger partial charge is 0.382 e. The van der Waals surface area contributed by atoms with Crippen LogP contribution >= 0.6 is 11.6 Å². The summed E-state index contributed by atoms with van der Waals surface area (Å²) in [6.45, 7) is 5.47. The highest BCUT2D eigenvalue weighted by Crippen LogP contribution is 2.42. The number of unbranched alkanes of at least 4 members (excludes halogenated alkanes) is 6. The van der Waals surface area contributed by atoms with E-state index in [-0.39, 0.29) is 46.9 Å². The molecule has 9 rings (SSSR count). The van der Waals surface area contributed by atoms with Crippen molar-refractivity contribution in [1.29, 1.82) is 0 Å². The second-order valence-electron chi connectivity index (χ2n) is 17.6. The number of likely N-dealkylation sites (tertiary alicyclic amines) is 1. The molecule has 3 saturated heterocycles. The highest BCUT2D eigenvalue weighted by molar-refractivity contribution is 6.30. The lowest BCUT2D eigenvalue weighted by atomic mass is 9.72. The Morgan fingerprint density at radius 2 is 1.68 bits per heavy atom. The van der Waals surface area contributed by atoms with E-state index in [1.54, 1.807) is 29.3 Å². The maximum absolute atomic E-state index is 15.8. The molecule has 7 heterocycles. The Kier molecular flexibility index (Phi) is 12.1. The summed E-state index contributed by atoms with van der Waals surface area (Å²) in [6.07, 6.45) is 17.1. The monoisotopic (exact) mass is 874 g/mol. The number of nitrogens with one attached hydrogen (secondary N) is 2. The fourth-order valence-electron chi connectivity index (χ4n) is 9.86. The number of aryl methyl sites for hydroxylation is 1. The van der Waals surface area contributed by atoms with E-state index in [2.05, 4.69) is 36.5 Å². The number of hydrogen-bond acceptors (Lipinski definition) is 10. The molecule has 1 unspecified atom stereocenters. The quantitative estimate of drug-likeness (QED) is 0.0732. The number of benzene rings is 2. The maximum atomic E-state index is 15.8. The zero-order valence-corrected chi connectivity index (χ0v) is 36.0. The van der Waals surface area contributed by atoms with Gasteiger partial charge in [0.25, 0.3) is 11.8 Å². The van der Waals surface area contributed by atoms with Crippen molar-refractivity contribution in [2.45, 2.75) is 89.6 Å². The smallest absolute Gasteiger partial charge is 0.256 e. The van der Waals surface area contributed by atoms with Gasteiger partial charge < -0.3 is 25.8 Å². The minimum Gasteiger partial charge on any atom is -0.382 e. The summed E-state index contributed by atoms with van der Waals surface area (Å²) in [5, 5.41) is 5.44. The first-order valence-corrected chi connectivity index (χ1v) is 22.5. The summed E-state index contributed by atoms with van der Waals surface area (Å²) in [5.74, 6) is -0.668. The predicted octanol–water partition coefficient (Wildman–Crippen LogP) is 7.05. The zero-order valence-electron chi connectivity index (χ0n) is 35.3. The van der Waals surface area contributed by atoms with Gasteiger partial charge in [0.1, 0.15) is 34.7 Å². The van der Waals surface area contributed by atoms with Gasteiger partial charge in [-0.05, 0) is 98.0 Å². The first-order chi connectivity index (χ1) is 30.5. The number of nitrogens with two attached hydrogens (primary N) is 1. The van der Waals surface area contributed by atoms with Crippen LogP contribution < -0.4 is 21.3 Å². The number of aromatic nitrogens is 4. The van der Waals surface area contributed by atoms with Crippen molar-refractivity contribution in [3.05, 3.63) is 100 Å². The van der Waals surface area contributed by atoms with E-state index >= 15 is 4.39 Å². The molecule has 2 aromatic carbocycles. The number of nitrogens with zero attached hydrogens (tertiary/aromatic N) is 7. The fourth-order valence-corrected chi connectivity index (χ4v) is 10.0. The number of rotatable bonds is 15. The third-order valence-electron chi connectivity index (χ3n) is 13.3. The topological polar surface area (TPSA) is 171 Å². The lowest BCUT2D eigenvalue weighted by Crippen LogP contribution is -2.60. The molecule has 14 nitrogen and oxygen atoms in total. The summed E-state index contributed by atoms with van der Waals surface area (Å²) in [5.41, 5.74) is 10.8. The van der Waals surface area contributed by atoms with Gasteiger partial charge in [-0.25, -0.2) is 19.3 Å². The molecular weight excluding hydrogens is 823 g/mol. The van der Waals surface area contributed by atoms with Crippen molar-refractivity contribution in [3.8, 4) is 11.3 Å². The third-order valence-corrected chi connectivity index (χ3v) is 13.5. The van der Waals surface area contributed by atoms with Crippen LogP contribution in [0.15, 0.2) is 67.1 Å². The average Bonchev–Trinajstić information content (AvgIpc) is 3.80. The standard InChI is InChI=1S/C47H52ClFN10O4/c48-33-15-18-51-38(26-33)53-43(61)31-10-12-35(36(49)25-31)40-41-42(50)52-19-23-58(41)46(55-40)57-21-16-47(17-22-57)28-56(29-47)20-7-5-3-1-2-4-6-8-30-9-11-34-32(24-30)27-59(45(34)63)37-13-14-39(60)54-44(37)62/h9-12,15,18-19,23-26,37H,1-8,13-14,16-17,20-22,27-29H2,(H2,50,52)(H,51,53,61)(H,54,60,62). The molecule has 1 atom stereocenters. The van der Waals surface area contributed by atoms with Crippen LogP contribution in [0, 0.1) is 11.2 Å². The van der Waals surface area contributed by atoms with Crippen molar-refractivity contribution < 1.29 is 23.6 Å². The highest BCUT2D eigenvalue weighted by Gasteiger charge is 2.45. The van der Waals surface area contributed by atoms with Crippen molar-refractivity contribution in [2.75, 3.05) is 48.7 Å². The molecule has 63 heavy (non-hydrogen) atoms. The number of imidazole rings is 1. The molecule has 1 spiro atoms. The Bertz CT molecular complexity index is 2570. The molecule has 0 bridgehead atoms. The van der Waals surface area contributed by atoms with Gasteiger partial charge in [-0.1, -0.05) is 55.8 Å². The second-order valence-corrected chi connectivity index (χ2v) is 18.1. The predicted molar refractivity (Wildman–Crippen MR) is 239 cm³/mol. The van der Waals surface area contributed by atoms with E-state index < -0.39 is 17.8 Å². The molecule has 0 radical (unpaired) electrons. The normalized spacial score (nSPS) is 18.5. The van der Waals surface area contributed by atoms with Crippen molar-refractivity contribution in [2.24, 2.45) is 5.41 Å². The first-order valence-electron chi connectivity index (χ1n) is 22.1. The summed E-state index contributed by atoms with van der Waals surface area (Å²) < 4.78 is 17.7. The third kappa shape index (κ3) is 8.99. The Morgan fingerprint density at radius 1 is 0.921 bits per heavy atom. The van der Waals surface area contributed by atoms with Crippen LogP contribution in [-0.2, 0) is 22.6 Å². The number of halogens is 2. The van der Waals surface area contributed by atoms with Crippen LogP contribution in [0.1, 0.15) is 102 Å². The lowest BCUT2D eigenvalue weighted by Gasteiger charge is -2.54. The number of piperidine rings is 2. The molecule has 16 heteroatoms. The number of amides is 4. The van der Waals surface area contributed by atoms with Gasteiger partial charge in [0.15, 0.2) is 0 Å².